The normalized spacial score (nSPS) is 22.0. The average molecular weight is 313 g/mol. The van der Waals surface area contributed by atoms with Crippen LogP contribution in [-0.2, 0) is 16.0 Å². The van der Waals surface area contributed by atoms with Gasteiger partial charge in [-0.1, -0.05) is 18.2 Å². The number of carbonyl (C=O) groups is 2. The molecule has 2 aliphatic heterocycles. The van der Waals surface area contributed by atoms with E-state index in [0.717, 1.165) is 29.7 Å². The highest BCUT2D eigenvalue weighted by Crippen LogP contribution is 2.18. The number of aromatic amines is 1. The first kappa shape index (κ1) is 14.2. The number of nitrogens with zero attached hydrogens (tertiary/aromatic N) is 3. The first-order valence-corrected chi connectivity index (χ1v) is 7.94. The quantitative estimate of drug-likeness (QED) is 0.801. The summed E-state index contributed by atoms with van der Waals surface area (Å²) < 4.78 is 0. The minimum Gasteiger partial charge on any atom is -0.353 e. The number of piperazine rings is 2. The smallest absolute Gasteiger partial charge is 0.239 e. The van der Waals surface area contributed by atoms with Crippen molar-refractivity contribution in [2.45, 2.75) is 12.5 Å². The van der Waals surface area contributed by atoms with Crippen molar-refractivity contribution in [1.82, 2.24) is 25.3 Å². The van der Waals surface area contributed by atoms with E-state index in [-0.39, 0.29) is 24.3 Å². The lowest BCUT2D eigenvalue weighted by Gasteiger charge is -2.43. The highest BCUT2D eigenvalue weighted by atomic mass is 16.2. The minimum atomic E-state index is -0.208. The number of fused-ring (bicyclic) bond motifs is 2. The SMILES string of the molecule is O=C1NCCN2CCN(C(=O)Cc3[nH]nc4ccccc34)CC12. The van der Waals surface area contributed by atoms with Crippen molar-refractivity contribution >= 4 is 22.7 Å². The van der Waals surface area contributed by atoms with Gasteiger partial charge < -0.3 is 10.2 Å². The number of benzene rings is 1. The van der Waals surface area contributed by atoms with Crippen molar-refractivity contribution in [3.63, 3.8) is 0 Å². The molecule has 7 heteroatoms. The second kappa shape index (κ2) is 5.66. The lowest BCUT2D eigenvalue weighted by Crippen LogP contribution is -2.64. The molecule has 2 aliphatic rings. The van der Waals surface area contributed by atoms with Gasteiger partial charge in [0, 0.05) is 38.1 Å². The van der Waals surface area contributed by atoms with E-state index in [0.29, 0.717) is 19.6 Å². The Hall–Kier alpha value is -2.41. The molecule has 2 amide bonds. The number of hydrogen-bond donors (Lipinski definition) is 2. The van der Waals surface area contributed by atoms with Crippen molar-refractivity contribution in [2.24, 2.45) is 0 Å². The molecule has 7 nitrogen and oxygen atoms in total. The first-order valence-electron chi connectivity index (χ1n) is 7.94. The van der Waals surface area contributed by atoms with E-state index in [1.165, 1.54) is 0 Å². The van der Waals surface area contributed by atoms with Crippen LogP contribution >= 0.6 is 0 Å². The van der Waals surface area contributed by atoms with Crippen molar-refractivity contribution in [1.29, 1.82) is 0 Å². The summed E-state index contributed by atoms with van der Waals surface area (Å²) in [6, 6.07) is 7.55. The zero-order valence-corrected chi connectivity index (χ0v) is 12.8. The molecule has 2 aromatic rings. The predicted octanol–water partition coefficient (Wildman–Crippen LogP) is -0.252. The maximum absolute atomic E-state index is 12.6. The molecule has 0 aliphatic carbocycles. The van der Waals surface area contributed by atoms with Gasteiger partial charge in [-0.2, -0.15) is 5.10 Å². The Morgan fingerprint density at radius 3 is 3.04 bits per heavy atom. The van der Waals surface area contributed by atoms with Gasteiger partial charge in [-0.3, -0.25) is 19.6 Å². The topological polar surface area (TPSA) is 81.3 Å². The Morgan fingerprint density at radius 2 is 2.13 bits per heavy atom. The molecule has 0 spiro atoms. The molecular formula is C16H19N5O2. The van der Waals surface area contributed by atoms with Crippen LogP contribution in [0.2, 0.25) is 0 Å². The summed E-state index contributed by atoms with van der Waals surface area (Å²) in [6.45, 7) is 3.46. The lowest BCUT2D eigenvalue weighted by molar-refractivity contribution is -0.139. The van der Waals surface area contributed by atoms with Crippen LogP contribution in [0.1, 0.15) is 5.69 Å². The van der Waals surface area contributed by atoms with E-state index in [1.54, 1.807) is 4.90 Å². The number of carbonyl (C=O) groups excluding carboxylic acids is 2. The van der Waals surface area contributed by atoms with Gasteiger partial charge >= 0.3 is 0 Å². The van der Waals surface area contributed by atoms with E-state index < -0.39 is 0 Å². The summed E-state index contributed by atoms with van der Waals surface area (Å²) in [5.74, 6) is 0.0677. The van der Waals surface area contributed by atoms with Gasteiger partial charge in [0.15, 0.2) is 0 Å². The Kier molecular flexibility index (Phi) is 3.49. The third-order valence-corrected chi connectivity index (χ3v) is 4.71. The summed E-state index contributed by atoms with van der Waals surface area (Å²) in [7, 11) is 0. The average Bonchev–Trinajstić information content (AvgIpc) is 2.98. The third-order valence-electron chi connectivity index (χ3n) is 4.71. The summed E-state index contributed by atoms with van der Waals surface area (Å²) >= 11 is 0. The van der Waals surface area contributed by atoms with Crippen molar-refractivity contribution in [2.75, 3.05) is 32.7 Å². The summed E-state index contributed by atoms with van der Waals surface area (Å²) in [5, 5.41) is 11.0. The van der Waals surface area contributed by atoms with Gasteiger partial charge in [0.1, 0.15) is 6.04 Å². The molecule has 0 radical (unpaired) electrons. The molecule has 3 heterocycles. The maximum Gasteiger partial charge on any atom is 0.239 e. The molecule has 1 aromatic heterocycles. The molecular weight excluding hydrogens is 294 g/mol. The number of aromatic nitrogens is 2. The molecule has 2 saturated heterocycles. The molecule has 4 rings (SSSR count). The van der Waals surface area contributed by atoms with Crippen LogP contribution in [0, 0.1) is 0 Å². The zero-order chi connectivity index (χ0) is 15.8. The van der Waals surface area contributed by atoms with E-state index in [4.69, 9.17) is 0 Å². The zero-order valence-electron chi connectivity index (χ0n) is 12.8. The Balaban J connectivity index is 1.48. The minimum absolute atomic E-state index is 0.0285. The van der Waals surface area contributed by atoms with Gasteiger partial charge in [0.05, 0.1) is 17.6 Å². The van der Waals surface area contributed by atoms with E-state index in [2.05, 4.69) is 20.4 Å². The Morgan fingerprint density at radius 1 is 1.26 bits per heavy atom. The molecule has 0 saturated carbocycles. The van der Waals surface area contributed by atoms with Crippen LogP contribution in [0.25, 0.3) is 10.9 Å². The van der Waals surface area contributed by atoms with Crippen molar-refractivity contribution in [3.05, 3.63) is 30.0 Å². The van der Waals surface area contributed by atoms with Crippen LogP contribution in [0.3, 0.4) is 0 Å². The molecule has 120 valence electrons. The number of amides is 2. The fourth-order valence-corrected chi connectivity index (χ4v) is 3.42. The molecule has 2 fully saturated rings. The van der Waals surface area contributed by atoms with Gasteiger partial charge in [0.2, 0.25) is 11.8 Å². The predicted molar refractivity (Wildman–Crippen MR) is 84.7 cm³/mol. The Bertz CT molecular complexity index is 756. The Labute approximate surface area is 133 Å². The van der Waals surface area contributed by atoms with Crippen molar-refractivity contribution < 1.29 is 9.59 Å². The van der Waals surface area contributed by atoms with Crippen molar-refractivity contribution in [3.8, 4) is 0 Å². The molecule has 1 aromatic carbocycles. The summed E-state index contributed by atoms with van der Waals surface area (Å²) in [6.07, 6.45) is 0.287. The number of rotatable bonds is 2. The van der Waals surface area contributed by atoms with Gasteiger partial charge in [-0.25, -0.2) is 0 Å². The third kappa shape index (κ3) is 2.57. The number of hydrogen-bond acceptors (Lipinski definition) is 4. The molecule has 23 heavy (non-hydrogen) atoms. The lowest BCUT2D eigenvalue weighted by atomic mass is 10.1. The summed E-state index contributed by atoms with van der Waals surface area (Å²) in [5.41, 5.74) is 1.70. The van der Waals surface area contributed by atoms with Crippen LogP contribution < -0.4 is 5.32 Å². The van der Waals surface area contributed by atoms with Gasteiger partial charge in [0.25, 0.3) is 0 Å². The van der Waals surface area contributed by atoms with E-state index in [9.17, 15) is 9.59 Å². The summed E-state index contributed by atoms with van der Waals surface area (Å²) in [4.78, 5) is 28.6. The van der Waals surface area contributed by atoms with Crippen LogP contribution in [0.5, 0.6) is 0 Å². The maximum atomic E-state index is 12.6. The molecule has 2 N–H and O–H groups in total. The second-order valence-corrected chi connectivity index (χ2v) is 6.08. The fourth-order valence-electron chi connectivity index (χ4n) is 3.42. The highest BCUT2D eigenvalue weighted by molar-refractivity contribution is 5.88. The second-order valence-electron chi connectivity index (χ2n) is 6.08. The standard InChI is InChI=1S/C16H19N5O2/c22-15(9-13-11-3-1-2-4-12(11)18-19-13)21-8-7-20-6-5-17-16(23)14(20)10-21/h1-4,14H,5-10H2,(H,17,23)(H,18,19). The molecule has 0 bridgehead atoms. The van der Waals surface area contributed by atoms with Gasteiger partial charge in [-0.05, 0) is 6.07 Å². The van der Waals surface area contributed by atoms with Crippen LogP contribution in [-0.4, -0.2) is 70.6 Å². The van der Waals surface area contributed by atoms with E-state index >= 15 is 0 Å². The molecule has 1 unspecified atom stereocenters. The monoisotopic (exact) mass is 313 g/mol. The van der Waals surface area contributed by atoms with Crippen LogP contribution in [0.15, 0.2) is 24.3 Å². The number of H-pyrrole nitrogens is 1. The van der Waals surface area contributed by atoms with Gasteiger partial charge in [-0.15, -0.1) is 0 Å². The number of para-hydroxylation sites is 1. The van der Waals surface area contributed by atoms with E-state index in [1.807, 2.05) is 24.3 Å². The first-order chi connectivity index (χ1) is 11.2. The molecule has 1 atom stereocenters. The number of nitrogens with one attached hydrogen (secondary N) is 2. The fraction of sp³-hybridized carbons (Fsp3) is 0.438. The van der Waals surface area contributed by atoms with Crippen LogP contribution in [0.4, 0.5) is 0 Å². The highest BCUT2D eigenvalue weighted by Gasteiger charge is 2.36. The largest absolute Gasteiger partial charge is 0.353 e.